The highest BCUT2D eigenvalue weighted by Crippen LogP contribution is 2.32. The number of hydrogen-bond acceptors (Lipinski definition) is 9. The van der Waals surface area contributed by atoms with Gasteiger partial charge in [0, 0.05) is 35.9 Å². The van der Waals surface area contributed by atoms with E-state index in [1.165, 1.54) is 17.7 Å². The van der Waals surface area contributed by atoms with E-state index in [2.05, 4.69) is 21.4 Å². The van der Waals surface area contributed by atoms with Gasteiger partial charge in [-0.15, -0.1) is 11.8 Å². The quantitative estimate of drug-likeness (QED) is 0.520. The molecule has 0 aromatic carbocycles. The van der Waals surface area contributed by atoms with Crippen LogP contribution in [0.4, 0.5) is 0 Å². The standard InChI is InChI=1S/C24H28N4O5S/c1-31-22-6-2-15-3-7-23(30)28(24(15)27-22)13-18(29)19-5-4-16(14-33-19)25-11-17-10-21-20(12-26-17)32-8-9-34-21/h2-3,6-7,10,12,16,18-19,25,29H,4-5,8-9,11,13-14H2,1H3/t16-,18?,19+/m1/s1. The first-order valence-electron chi connectivity index (χ1n) is 11.4. The van der Waals surface area contributed by atoms with Crippen molar-refractivity contribution < 1.29 is 19.3 Å². The minimum atomic E-state index is -0.823. The number of aliphatic hydroxyl groups excluding tert-OH is 1. The van der Waals surface area contributed by atoms with E-state index in [9.17, 15) is 9.90 Å². The van der Waals surface area contributed by atoms with Crippen molar-refractivity contribution in [3.8, 4) is 11.6 Å². The highest BCUT2D eigenvalue weighted by Gasteiger charge is 2.28. The second kappa shape index (κ2) is 10.3. The fourth-order valence-corrected chi connectivity index (χ4v) is 5.17. The number of nitrogens with one attached hydrogen (secondary N) is 1. The van der Waals surface area contributed by atoms with Crippen molar-refractivity contribution in [2.45, 2.75) is 49.1 Å². The summed E-state index contributed by atoms with van der Waals surface area (Å²) in [6.07, 6.45) is 2.18. The van der Waals surface area contributed by atoms with Crippen LogP contribution in [0.25, 0.3) is 11.0 Å². The monoisotopic (exact) mass is 484 g/mol. The Morgan fingerprint density at radius 1 is 1.32 bits per heavy atom. The van der Waals surface area contributed by atoms with Crippen LogP contribution in [0.2, 0.25) is 0 Å². The number of ether oxygens (including phenoxy) is 3. The van der Waals surface area contributed by atoms with Gasteiger partial charge >= 0.3 is 0 Å². The second-order valence-corrected chi connectivity index (χ2v) is 9.60. The van der Waals surface area contributed by atoms with Crippen LogP contribution in [-0.2, 0) is 17.8 Å². The number of nitrogens with zero attached hydrogens (tertiary/aromatic N) is 3. The van der Waals surface area contributed by atoms with Crippen molar-refractivity contribution in [3.63, 3.8) is 0 Å². The van der Waals surface area contributed by atoms with Gasteiger partial charge in [0.05, 0.1) is 55.9 Å². The smallest absolute Gasteiger partial charge is 0.252 e. The SMILES string of the molecule is COc1ccc2ccc(=O)n(CC(O)[C@@H]3CC[C@@H](NCc4cc5c(cn4)OCCS5)CO3)c2n1. The maximum atomic E-state index is 12.5. The van der Waals surface area contributed by atoms with E-state index in [4.69, 9.17) is 14.2 Å². The lowest BCUT2D eigenvalue weighted by atomic mass is 10.0. The lowest BCUT2D eigenvalue weighted by molar-refractivity contribution is -0.0771. The van der Waals surface area contributed by atoms with Gasteiger partial charge < -0.3 is 24.6 Å². The van der Waals surface area contributed by atoms with Crippen LogP contribution >= 0.6 is 11.8 Å². The van der Waals surface area contributed by atoms with Crippen molar-refractivity contribution >= 4 is 22.8 Å². The number of fused-ring (bicyclic) bond motifs is 2. The Bertz CT molecular complexity index is 1210. The molecule has 0 aliphatic carbocycles. The topological polar surface area (TPSA) is 108 Å². The average molecular weight is 485 g/mol. The summed E-state index contributed by atoms with van der Waals surface area (Å²) >= 11 is 1.79. The van der Waals surface area contributed by atoms with Crippen molar-refractivity contribution in [2.75, 3.05) is 26.1 Å². The fraction of sp³-hybridized carbons (Fsp3) is 0.458. The van der Waals surface area contributed by atoms with Crippen molar-refractivity contribution in [1.29, 1.82) is 0 Å². The molecule has 3 atom stereocenters. The Labute approximate surface area is 201 Å². The van der Waals surface area contributed by atoms with Crippen LogP contribution < -0.4 is 20.3 Å². The largest absolute Gasteiger partial charge is 0.490 e. The lowest BCUT2D eigenvalue weighted by Crippen LogP contribution is -2.45. The molecule has 5 rings (SSSR count). The first-order chi connectivity index (χ1) is 16.6. The predicted octanol–water partition coefficient (Wildman–Crippen LogP) is 1.98. The summed E-state index contributed by atoms with van der Waals surface area (Å²) in [6.45, 7) is 1.97. The maximum Gasteiger partial charge on any atom is 0.252 e. The molecule has 0 saturated carbocycles. The summed E-state index contributed by atoms with van der Waals surface area (Å²) in [5.74, 6) is 2.24. The van der Waals surface area contributed by atoms with E-state index in [0.717, 1.165) is 40.5 Å². The van der Waals surface area contributed by atoms with Crippen LogP contribution in [-0.4, -0.2) is 64.0 Å². The minimum absolute atomic E-state index is 0.109. The Balaban J connectivity index is 1.17. The summed E-state index contributed by atoms with van der Waals surface area (Å²) in [4.78, 5) is 22.5. The van der Waals surface area contributed by atoms with E-state index in [1.54, 1.807) is 30.1 Å². The third-order valence-electron chi connectivity index (χ3n) is 6.18. The van der Waals surface area contributed by atoms with Gasteiger partial charge in [-0.2, -0.15) is 4.98 Å². The molecule has 5 heterocycles. The maximum absolute atomic E-state index is 12.5. The second-order valence-electron chi connectivity index (χ2n) is 8.46. The fourth-order valence-electron chi connectivity index (χ4n) is 4.31. The zero-order valence-electron chi connectivity index (χ0n) is 19.0. The molecule has 2 N–H and O–H groups in total. The van der Waals surface area contributed by atoms with Gasteiger partial charge in [0.1, 0.15) is 5.65 Å². The molecule has 1 unspecified atom stereocenters. The molecule has 2 aliphatic heterocycles. The first-order valence-corrected chi connectivity index (χ1v) is 12.4. The van der Waals surface area contributed by atoms with Gasteiger partial charge in [0.15, 0.2) is 5.75 Å². The van der Waals surface area contributed by atoms with Gasteiger partial charge in [-0.05, 0) is 31.0 Å². The molecule has 0 bridgehead atoms. The Kier molecular flexibility index (Phi) is 7.00. The van der Waals surface area contributed by atoms with Gasteiger partial charge in [-0.3, -0.25) is 14.3 Å². The molecule has 180 valence electrons. The zero-order valence-corrected chi connectivity index (χ0v) is 19.8. The summed E-state index contributed by atoms with van der Waals surface area (Å²) in [7, 11) is 1.53. The normalized spacial score (nSPS) is 21.0. The van der Waals surface area contributed by atoms with E-state index < -0.39 is 6.10 Å². The lowest BCUT2D eigenvalue weighted by Gasteiger charge is -2.32. The number of rotatable bonds is 7. The molecule has 9 nitrogen and oxygen atoms in total. The van der Waals surface area contributed by atoms with E-state index >= 15 is 0 Å². The van der Waals surface area contributed by atoms with Gasteiger partial charge in [0.2, 0.25) is 5.88 Å². The van der Waals surface area contributed by atoms with Crippen LogP contribution in [0.15, 0.2) is 46.2 Å². The van der Waals surface area contributed by atoms with Crippen LogP contribution in [0.3, 0.4) is 0 Å². The van der Waals surface area contributed by atoms with E-state index in [0.29, 0.717) is 31.1 Å². The molecule has 1 fully saturated rings. The number of aliphatic hydroxyl groups is 1. The molecule has 3 aromatic heterocycles. The molecule has 2 aliphatic rings. The summed E-state index contributed by atoms with van der Waals surface area (Å²) in [5.41, 5.74) is 1.24. The zero-order chi connectivity index (χ0) is 23.5. The number of methoxy groups -OCH3 is 1. The molecule has 34 heavy (non-hydrogen) atoms. The molecular weight excluding hydrogens is 456 g/mol. The number of aromatic nitrogens is 3. The molecule has 3 aromatic rings. The highest BCUT2D eigenvalue weighted by molar-refractivity contribution is 7.99. The number of hydrogen-bond donors (Lipinski definition) is 2. The molecule has 0 amide bonds. The third-order valence-corrected chi connectivity index (χ3v) is 7.19. The summed E-state index contributed by atoms with van der Waals surface area (Å²) < 4.78 is 18.3. The van der Waals surface area contributed by atoms with Crippen LogP contribution in [0.1, 0.15) is 18.5 Å². The van der Waals surface area contributed by atoms with Gasteiger partial charge in [-0.1, -0.05) is 0 Å². The van der Waals surface area contributed by atoms with E-state index in [1.807, 2.05) is 6.07 Å². The van der Waals surface area contributed by atoms with Crippen LogP contribution in [0, 0.1) is 0 Å². The third kappa shape index (κ3) is 5.05. The molecule has 1 saturated heterocycles. The Morgan fingerprint density at radius 2 is 2.21 bits per heavy atom. The van der Waals surface area contributed by atoms with Crippen molar-refractivity contribution in [3.05, 3.63) is 52.6 Å². The Hall–Kier alpha value is -2.66. The summed E-state index contributed by atoms with van der Waals surface area (Å²) in [6, 6.07) is 9.06. The molecule has 10 heteroatoms. The molecule has 0 radical (unpaired) electrons. The van der Waals surface area contributed by atoms with E-state index in [-0.39, 0.29) is 24.2 Å². The molecular formula is C24H28N4O5S. The number of pyridine rings is 3. The number of thioether (sulfide) groups is 1. The molecule has 0 spiro atoms. The Morgan fingerprint density at radius 3 is 3.03 bits per heavy atom. The van der Waals surface area contributed by atoms with Crippen molar-refractivity contribution in [1.82, 2.24) is 19.9 Å². The average Bonchev–Trinajstić information content (AvgIpc) is 2.89. The highest BCUT2D eigenvalue weighted by atomic mass is 32.2. The van der Waals surface area contributed by atoms with Crippen LogP contribution in [0.5, 0.6) is 11.6 Å². The predicted molar refractivity (Wildman–Crippen MR) is 129 cm³/mol. The van der Waals surface area contributed by atoms with Gasteiger partial charge in [0.25, 0.3) is 5.56 Å². The first kappa shape index (κ1) is 23.1. The van der Waals surface area contributed by atoms with Crippen molar-refractivity contribution in [2.24, 2.45) is 0 Å². The van der Waals surface area contributed by atoms with Gasteiger partial charge in [-0.25, -0.2) is 0 Å². The summed E-state index contributed by atoms with van der Waals surface area (Å²) in [5, 5.41) is 15.2. The minimum Gasteiger partial charge on any atom is -0.490 e.